The summed E-state index contributed by atoms with van der Waals surface area (Å²) in [4.78, 5) is 23.4. The molecule has 5 rings (SSSR count). The SMILES string of the molecule is CC12CC3CC(C)(C1)CC(NC(=O)C1CC1C(=O)O)(C3)C2. The third kappa shape index (κ3) is 2.09. The zero-order chi connectivity index (χ0) is 15.0. The molecule has 0 aromatic rings. The van der Waals surface area contributed by atoms with Crippen LogP contribution in [-0.4, -0.2) is 22.5 Å². The second-order valence-corrected chi connectivity index (χ2v) is 9.19. The number of carboxylic acids is 1. The van der Waals surface area contributed by atoms with Crippen molar-refractivity contribution in [1.82, 2.24) is 5.32 Å². The predicted octanol–water partition coefficient (Wildman–Crippen LogP) is 2.57. The predicted molar refractivity (Wildman–Crippen MR) is 77.5 cm³/mol. The summed E-state index contributed by atoms with van der Waals surface area (Å²) in [7, 11) is 0. The Labute approximate surface area is 125 Å². The number of hydrogen-bond donors (Lipinski definition) is 2. The highest BCUT2D eigenvalue weighted by Crippen LogP contribution is 2.66. The normalized spacial score (nSPS) is 53.5. The molecule has 116 valence electrons. The van der Waals surface area contributed by atoms with Gasteiger partial charge in [0.1, 0.15) is 0 Å². The van der Waals surface area contributed by atoms with Gasteiger partial charge in [0, 0.05) is 5.54 Å². The number of amides is 1. The average Bonchev–Trinajstić information content (AvgIpc) is 3.01. The third-order valence-electron chi connectivity index (χ3n) is 6.46. The summed E-state index contributed by atoms with van der Waals surface area (Å²) in [6.45, 7) is 4.77. The monoisotopic (exact) mass is 291 g/mol. The van der Waals surface area contributed by atoms with Crippen molar-refractivity contribution in [3.63, 3.8) is 0 Å². The minimum atomic E-state index is -0.820. The van der Waals surface area contributed by atoms with Crippen LogP contribution in [0.15, 0.2) is 0 Å². The summed E-state index contributed by atoms with van der Waals surface area (Å²) < 4.78 is 0. The van der Waals surface area contributed by atoms with Crippen LogP contribution in [0, 0.1) is 28.6 Å². The molecular weight excluding hydrogens is 266 g/mol. The number of carbonyl (C=O) groups is 2. The fourth-order valence-corrected chi connectivity index (χ4v) is 6.70. The lowest BCUT2D eigenvalue weighted by molar-refractivity contribution is -0.144. The Balaban J connectivity index is 1.52. The summed E-state index contributed by atoms with van der Waals surface area (Å²) in [6.07, 6.45) is 7.70. The van der Waals surface area contributed by atoms with Crippen molar-refractivity contribution < 1.29 is 14.7 Å². The van der Waals surface area contributed by atoms with Crippen LogP contribution < -0.4 is 5.32 Å². The lowest BCUT2D eigenvalue weighted by Gasteiger charge is -2.65. The van der Waals surface area contributed by atoms with Crippen LogP contribution in [0.2, 0.25) is 0 Å². The first-order chi connectivity index (χ1) is 9.72. The minimum Gasteiger partial charge on any atom is -0.481 e. The van der Waals surface area contributed by atoms with Crippen LogP contribution in [0.3, 0.4) is 0 Å². The molecule has 5 aliphatic rings. The molecule has 0 saturated heterocycles. The summed E-state index contributed by atoms with van der Waals surface area (Å²) in [6, 6.07) is 0. The number of hydrogen-bond acceptors (Lipinski definition) is 2. The molecule has 0 aromatic heterocycles. The first kappa shape index (κ1) is 13.6. The van der Waals surface area contributed by atoms with Crippen molar-refractivity contribution in [3.05, 3.63) is 0 Å². The molecule has 4 bridgehead atoms. The highest BCUT2D eigenvalue weighted by molar-refractivity contribution is 5.89. The first-order valence-corrected chi connectivity index (χ1v) is 8.27. The topological polar surface area (TPSA) is 66.4 Å². The number of carboxylic acid groups (broad SMARTS) is 1. The fraction of sp³-hybridized carbons (Fsp3) is 0.882. The van der Waals surface area contributed by atoms with Crippen LogP contribution in [0.4, 0.5) is 0 Å². The van der Waals surface area contributed by atoms with E-state index in [0.29, 0.717) is 17.3 Å². The zero-order valence-corrected chi connectivity index (χ0v) is 12.9. The van der Waals surface area contributed by atoms with Crippen molar-refractivity contribution in [1.29, 1.82) is 0 Å². The van der Waals surface area contributed by atoms with Gasteiger partial charge in [-0.3, -0.25) is 9.59 Å². The Kier molecular flexibility index (Phi) is 2.47. The van der Waals surface area contributed by atoms with E-state index < -0.39 is 11.9 Å². The van der Waals surface area contributed by atoms with Gasteiger partial charge in [-0.15, -0.1) is 0 Å². The second kappa shape index (κ2) is 3.82. The van der Waals surface area contributed by atoms with Crippen LogP contribution in [0.1, 0.15) is 58.8 Å². The minimum absolute atomic E-state index is 0.00319. The number of aliphatic carboxylic acids is 1. The van der Waals surface area contributed by atoms with E-state index in [1.54, 1.807) is 0 Å². The highest BCUT2D eigenvalue weighted by atomic mass is 16.4. The molecule has 0 spiro atoms. The van der Waals surface area contributed by atoms with Gasteiger partial charge in [0.15, 0.2) is 0 Å². The van der Waals surface area contributed by atoms with Gasteiger partial charge >= 0.3 is 5.97 Å². The van der Waals surface area contributed by atoms with E-state index in [1.807, 2.05) is 0 Å². The van der Waals surface area contributed by atoms with Gasteiger partial charge in [0.2, 0.25) is 5.91 Å². The van der Waals surface area contributed by atoms with Gasteiger partial charge in [0.05, 0.1) is 11.8 Å². The smallest absolute Gasteiger partial charge is 0.307 e. The molecule has 4 heteroatoms. The van der Waals surface area contributed by atoms with Crippen LogP contribution >= 0.6 is 0 Å². The highest BCUT2D eigenvalue weighted by Gasteiger charge is 2.61. The molecule has 5 fully saturated rings. The Bertz CT molecular complexity index is 510. The first-order valence-electron chi connectivity index (χ1n) is 8.27. The summed E-state index contributed by atoms with van der Waals surface area (Å²) in [5, 5.41) is 12.3. The molecular formula is C17H25NO3. The van der Waals surface area contributed by atoms with E-state index in [-0.39, 0.29) is 17.4 Å². The van der Waals surface area contributed by atoms with Gasteiger partial charge in [-0.2, -0.15) is 0 Å². The van der Waals surface area contributed by atoms with Crippen molar-refractivity contribution in [2.24, 2.45) is 28.6 Å². The summed E-state index contributed by atoms with van der Waals surface area (Å²) in [5.41, 5.74) is 0.694. The average molecular weight is 291 g/mol. The molecule has 2 N–H and O–H groups in total. The molecule has 1 amide bonds. The molecule has 5 aliphatic carbocycles. The lowest BCUT2D eigenvalue weighted by Crippen LogP contribution is -2.65. The molecule has 0 aromatic carbocycles. The maximum Gasteiger partial charge on any atom is 0.307 e. The van der Waals surface area contributed by atoms with Crippen molar-refractivity contribution in [2.45, 2.75) is 64.3 Å². The Morgan fingerprint density at radius 3 is 2.10 bits per heavy atom. The van der Waals surface area contributed by atoms with E-state index in [0.717, 1.165) is 25.2 Å². The Morgan fingerprint density at radius 2 is 1.62 bits per heavy atom. The maximum absolute atomic E-state index is 12.4. The van der Waals surface area contributed by atoms with Gasteiger partial charge in [-0.25, -0.2) is 0 Å². The molecule has 0 radical (unpaired) electrons. The van der Waals surface area contributed by atoms with Gasteiger partial charge in [-0.1, -0.05) is 13.8 Å². The quantitative estimate of drug-likeness (QED) is 0.840. The van der Waals surface area contributed by atoms with E-state index in [4.69, 9.17) is 5.11 Å². The molecule has 0 aliphatic heterocycles. The largest absolute Gasteiger partial charge is 0.481 e. The Hall–Kier alpha value is -1.06. The van der Waals surface area contributed by atoms with Gasteiger partial charge in [0.25, 0.3) is 0 Å². The molecule has 4 nitrogen and oxygen atoms in total. The standard InChI is InChI=1S/C17H25NO3/c1-15-4-10-5-16(2,7-15)9-17(6-10,8-15)18-13(19)11-3-12(11)14(20)21/h10-12H,3-9H2,1-2H3,(H,18,19)(H,20,21). The van der Waals surface area contributed by atoms with Crippen molar-refractivity contribution in [3.8, 4) is 0 Å². The lowest BCUT2D eigenvalue weighted by atomic mass is 9.43. The molecule has 0 heterocycles. The second-order valence-electron chi connectivity index (χ2n) is 9.19. The van der Waals surface area contributed by atoms with Gasteiger partial charge in [-0.05, 0) is 61.7 Å². The number of carbonyl (C=O) groups excluding carboxylic acids is 1. The zero-order valence-electron chi connectivity index (χ0n) is 12.9. The van der Waals surface area contributed by atoms with E-state index in [9.17, 15) is 9.59 Å². The van der Waals surface area contributed by atoms with Crippen LogP contribution in [-0.2, 0) is 9.59 Å². The number of nitrogens with one attached hydrogen (secondary N) is 1. The van der Waals surface area contributed by atoms with Crippen molar-refractivity contribution >= 4 is 11.9 Å². The molecule has 4 atom stereocenters. The number of rotatable bonds is 3. The maximum atomic E-state index is 12.4. The third-order valence-corrected chi connectivity index (χ3v) is 6.46. The molecule has 4 unspecified atom stereocenters. The van der Waals surface area contributed by atoms with Crippen molar-refractivity contribution in [2.75, 3.05) is 0 Å². The fourth-order valence-electron chi connectivity index (χ4n) is 6.70. The van der Waals surface area contributed by atoms with E-state index in [2.05, 4.69) is 19.2 Å². The Morgan fingerprint density at radius 1 is 1.00 bits per heavy atom. The van der Waals surface area contributed by atoms with Crippen LogP contribution in [0.25, 0.3) is 0 Å². The van der Waals surface area contributed by atoms with Gasteiger partial charge < -0.3 is 10.4 Å². The summed E-state index contributed by atoms with van der Waals surface area (Å²) >= 11 is 0. The molecule has 21 heavy (non-hydrogen) atoms. The van der Waals surface area contributed by atoms with Crippen LogP contribution in [0.5, 0.6) is 0 Å². The van der Waals surface area contributed by atoms with E-state index >= 15 is 0 Å². The van der Waals surface area contributed by atoms with E-state index in [1.165, 1.54) is 19.3 Å². The summed E-state index contributed by atoms with van der Waals surface area (Å²) in [5.74, 6) is -0.802. The molecule has 5 saturated carbocycles.